The zero-order valence-electron chi connectivity index (χ0n) is 10.9. The maximum absolute atomic E-state index is 13.3. The van der Waals surface area contributed by atoms with Gasteiger partial charge in [-0.25, -0.2) is 4.39 Å². The Hall–Kier alpha value is -0.540. The van der Waals surface area contributed by atoms with Gasteiger partial charge in [0.25, 0.3) is 0 Å². The van der Waals surface area contributed by atoms with Crippen molar-refractivity contribution in [3.05, 3.63) is 29.6 Å². The molecule has 1 rings (SSSR count). The highest BCUT2D eigenvalue weighted by atomic mass is 32.2. The first kappa shape index (κ1) is 14.5. The van der Waals surface area contributed by atoms with Crippen molar-refractivity contribution < 1.29 is 4.39 Å². The lowest BCUT2D eigenvalue weighted by atomic mass is 10.0. The molecule has 1 aromatic carbocycles. The number of nitrogens with two attached hydrogens (primary N) is 1. The maximum Gasteiger partial charge on any atom is 0.123 e. The number of halogens is 1. The smallest absolute Gasteiger partial charge is 0.123 e. The Morgan fingerprint density at radius 2 is 2.06 bits per heavy atom. The van der Waals surface area contributed by atoms with Crippen LogP contribution in [0, 0.1) is 11.7 Å². The van der Waals surface area contributed by atoms with Crippen LogP contribution < -0.4 is 5.73 Å². The van der Waals surface area contributed by atoms with Gasteiger partial charge in [-0.05, 0) is 42.5 Å². The van der Waals surface area contributed by atoms with Crippen molar-refractivity contribution in [2.24, 2.45) is 11.7 Å². The molecule has 1 aromatic rings. The summed E-state index contributed by atoms with van der Waals surface area (Å²) in [6.45, 7) is 6.44. The summed E-state index contributed by atoms with van der Waals surface area (Å²) in [6.07, 6.45) is 1.68. The van der Waals surface area contributed by atoms with E-state index in [4.69, 9.17) is 5.73 Å². The zero-order chi connectivity index (χ0) is 12.8. The van der Waals surface area contributed by atoms with Gasteiger partial charge in [0, 0.05) is 16.7 Å². The van der Waals surface area contributed by atoms with Crippen LogP contribution in [0.3, 0.4) is 0 Å². The first-order valence-electron chi connectivity index (χ1n) is 6.19. The number of benzene rings is 1. The molecule has 0 spiro atoms. The quantitative estimate of drug-likeness (QED) is 0.781. The van der Waals surface area contributed by atoms with E-state index < -0.39 is 0 Å². The van der Waals surface area contributed by atoms with Crippen LogP contribution in [0.15, 0.2) is 23.1 Å². The molecule has 0 fully saturated rings. The van der Waals surface area contributed by atoms with Crippen molar-refractivity contribution in [3.63, 3.8) is 0 Å². The first-order chi connectivity index (χ1) is 8.02. The highest BCUT2D eigenvalue weighted by molar-refractivity contribution is 7.99. The summed E-state index contributed by atoms with van der Waals surface area (Å²) in [5.41, 5.74) is 6.99. The van der Waals surface area contributed by atoms with Gasteiger partial charge in [0.15, 0.2) is 0 Å². The third kappa shape index (κ3) is 5.09. The Morgan fingerprint density at radius 3 is 2.65 bits per heavy atom. The van der Waals surface area contributed by atoms with Crippen molar-refractivity contribution in [2.75, 3.05) is 5.75 Å². The van der Waals surface area contributed by atoms with E-state index in [1.807, 2.05) is 6.07 Å². The van der Waals surface area contributed by atoms with Crippen LogP contribution in [0.1, 0.15) is 32.8 Å². The molecule has 2 N–H and O–H groups in total. The van der Waals surface area contributed by atoms with Crippen LogP contribution in [-0.2, 0) is 6.42 Å². The van der Waals surface area contributed by atoms with E-state index in [9.17, 15) is 4.39 Å². The second-order valence-corrected chi connectivity index (χ2v) is 5.89. The van der Waals surface area contributed by atoms with Crippen LogP contribution in [-0.4, -0.2) is 11.8 Å². The molecule has 0 bridgehead atoms. The second-order valence-electron chi connectivity index (χ2n) is 4.83. The number of rotatable bonds is 6. The molecule has 96 valence electrons. The number of thioether (sulfide) groups is 1. The van der Waals surface area contributed by atoms with Crippen LogP contribution in [0.4, 0.5) is 4.39 Å². The summed E-state index contributed by atoms with van der Waals surface area (Å²) in [4.78, 5) is 1.17. The average Bonchev–Trinajstić information content (AvgIpc) is 2.27. The van der Waals surface area contributed by atoms with Crippen molar-refractivity contribution in [1.82, 2.24) is 0 Å². The molecule has 1 nitrogen and oxygen atoms in total. The van der Waals surface area contributed by atoms with Gasteiger partial charge in [0.1, 0.15) is 5.82 Å². The SMILES string of the molecule is CCC(N)Cc1cc(F)ccc1SCC(C)C. The average molecular weight is 255 g/mol. The number of hydrogen-bond acceptors (Lipinski definition) is 2. The molecular formula is C14H22FNS. The molecule has 1 atom stereocenters. The van der Waals surface area contributed by atoms with Gasteiger partial charge >= 0.3 is 0 Å². The molecule has 0 aromatic heterocycles. The fourth-order valence-corrected chi connectivity index (χ4v) is 2.54. The topological polar surface area (TPSA) is 26.0 Å². The Bertz CT molecular complexity index is 352. The predicted octanol–water partition coefficient (Wildman–Crippen LogP) is 3.85. The Kier molecular flexibility index (Phi) is 6.00. The number of hydrogen-bond donors (Lipinski definition) is 1. The lowest BCUT2D eigenvalue weighted by molar-refractivity contribution is 0.609. The van der Waals surface area contributed by atoms with E-state index in [-0.39, 0.29) is 11.9 Å². The molecule has 0 saturated heterocycles. The third-order valence-electron chi connectivity index (χ3n) is 2.60. The Morgan fingerprint density at radius 1 is 1.35 bits per heavy atom. The summed E-state index contributed by atoms with van der Waals surface area (Å²) < 4.78 is 13.3. The molecule has 0 radical (unpaired) electrons. The Labute approximate surface area is 108 Å². The van der Waals surface area contributed by atoms with Gasteiger partial charge in [-0.15, -0.1) is 11.8 Å². The van der Waals surface area contributed by atoms with Crippen LogP contribution >= 0.6 is 11.8 Å². The zero-order valence-corrected chi connectivity index (χ0v) is 11.7. The van der Waals surface area contributed by atoms with Gasteiger partial charge in [0.2, 0.25) is 0 Å². The van der Waals surface area contributed by atoms with E-state index >= 15 is 0 Å². The third-order valence-corrected chi connectivity index (χ3v) is 4.14. The molecule has 0 amide bonds. The van der Waals surface area contributed by atoms with Crippen LogP contribution in [0.25, 0.3) is 0 Å². The largest absolute Gasteiger partial charge is 0.327 e. The van der Waals surface area contributed by atoms with Gasteiger partial charge < -0.3 is 5.73 Å². The highest BCUT2D eigenvalue weighted by Crippen LogP contribution is 2.26. The minimum Gasteiger partial charge on any atom is -0.327 e. The van der Waals surface area contributed by atoms with E-state index in [1.54, 1.807) is 17.8 Å². The molecule has 0 saturated carbocycles. The lowest BCUT2D eigenvalue weighted by Crippen LogP contribution is -2.21. The minimum absolute atomic E-state index is 0.121. The monoisotopic (exact) mass is 255 g/mol. The molecule has 0 aliphatic carbocycles. The van der Waals surface area contributed by atoms with Crippen molar-refractivity contribution in [2.45, 2.75) is 44.6 Å². The fraction of sp³-hybridized carbons (Fsp3) is 0.571. The molecule has 3 heteroatoms. The van der Waals surface area contributed by atoms with Gasteiger partial charge in [-0.1, -0.05) is 20.8 Å². The Balaban J connectivity index is 2.79. The molecular weight excluding hydrogens is 233 g/mol. The van der Waals surface area contributed by atoms with Crippen molar-refractivity contribution >= 4 is 11.8 Å². The molecule has 0 heterocycles. The lowest BCUT2D eigenvalue weighted by Gasteiger charge is -2.14. The van der Waals surface area contributed by atoms with E-state index in [1.165, 1.54) is 11.0 Å². The summed E-state index contributed by atoms with van der Waals surface area (Å²) in [6, 6.07) is 5.15. The van der Waals surface area contributed by atoms with E-state index in [2.05, 4.69) is 20.8 Å². The minimum atomic E-state index is -0.169. The molecule has 1 unspecified atom stereocenters. The summed E-state index contributed by atoms with van der Waals surface area (Å²) in [7, 11) is 0. The van der Waals surface area contributed by atoms with Gasteiger partial charge in [-0.3, -0.25) is 0 Å². The molecule has 17 heavy (non-hydrogen) atoms. The maximum atomic E-state index is 13.3. The van der Waals surface area contributed by atoms with E-state index in [0.29, 0.717) is 5.92 Å². The predicted molar refractivity (Wildman–Crippen MR) is 73.9 cm³/mol. The van der Waals surface area contributed by atoms with Crippen LogP contribution in [0.5, 0.6) is 0 Å². The van der Waals surface area contributed by atoms with Gasteiger partial charge in [0.05, 0.1) is 0 Å². The molecule has 0 aliphatic heterocycles. The summed E-state index contributed by atoms with van der Waals surface area (Å²) in [5.74, 6) is 1.52. The van der Waals surface area contributed by atoms with Gasteiger partial charge in [-0.2, -0.15) is 0 Å². The van der Waals surface area contributed by atoms with Crippen molar-refractivity contribution in [3.8, 4) is 0 Å². The van der Waals surface area contributed by atoms with Crippen LogP contribution in [0.2, 0.25) is 0 Å². The summed E-state index contributed by atoms with van der Waals surface area (Å²) >= 11 is 1.79. The standard InChI is InChI=1S/C14H22FNS/c1-4-13(16)8-11-7-12(15)5-6-14(11)17-9-10(2)3/h5-7,10,13H,4,8-9,16H2,1-3H3. The fourth-order valence-electron chi connectivity index (χ4n) is 1.53. The normalized spacial score (nSPS) is 13.1. The second kappa shape index (κ2) is 7.02. The highest BCUT2D eigenvalue weighted by Gasteiger charge is 2.09. The van der Waals surface area contributed by atoms with E-state index in [0.717, 1.165) is 24.2 Å². The first-order valence-corrected chi connectivity index (χ1v) is 7.18. The summed E-state index contributed by atoms with van der Waals surface area (Å²) in [5, 5.41) is 0. The molecule has 0 aliphatic rings. The van der Waals surface area contributed by atoms with Crippen molar-refractivity contribution in [1.29, 1.82) is 0 Å².